The van der Waals surface area contributed by atoms with Gasteiger partial charge in [-0.25, -0.2) is 0 Å². The van der Waals surface area contributed by atoms with Crippen LogP contribution in [0.5, 0.6) is 0 Å². The largest absolute Gasteiger partial charge is 0.392 e. The Bertz CT molecular complexity index is 878. The Balaban J connectivity index is 1.40. The van der Waals surface area contributed by atoms with Crippen LogP contribution in [0.2, 0.25) is 0 Å². The molecule has 1 aliphatic carbocycles. The molecule has 27 heavy (non-hydrogen) atoms. The van der Waals surface area contributed by atoms with Crippen molar-refractivity contribution in [2.45, 2.75) is 38.8 Å². The van der Waals surface area contributed by atoms with Gasteiger partial charge in [0.1, 0.15) is 0 Å². The Kier molecular flexibility index (Phi) is 4.94. The Morgan fingerprint density at radius 2 is 1.89 bits per heavy atom. The molecule has 5 nitrogen and oxygen atoms in total. The zero-order chi connectivity index (χ0) is 18.8. The van der Waals surface area contributed by atoms with Gasteiger partial charge in [-0.2, -0.15) is 0 Å². The van der Waals surface area contributed by atoms with Gasteiger partial charge >= 0.3 is 0 Å². The molecule has 5 heteroatoms. The third-order valence-corrected chi connectivity index (χ3v) is 5.63. The number of aliphatic hydroxyl groups excluding tert-OH is 1. The van der Waals surface area contributed by atoms with Crippen LogP contribution in [0, 0.1) is 5.92 Å². The van der Waals surface area contributed by atoms with Crippen molar-refractivity contribution >= 4 is 17.5 Å². The number of fused-ring (bicyclic) bond motifs is 1. The van der Waals surface area contributed by atoms with Crippen molar-refractivity contribution in [3.8, 4) is 0 Å². The second-order valence-corrected chi connectivity index (χ2v) is 7.36. The van der Waals surface area contributed by atoms with E-state index in [2.05, 4.69) is 17.4 Å². The van der Waals surface area contributed by atoms with Crippen molar-refractivity contribution in [1.82, 2.24) is 5.32 Å². The van der Waals surface area contributed by atoms with Crippen LogP contribution in [0.1, 0.15) is 35.1 Å². The number of rotatable bonds is 5. The number of hydrogen-bond donors (Lipinski definition) is 2. The van der Waals surface area contributed by atoms with Crippen LogP contribution in [0.15, 0.2) is 42.5 Å². The summed E-state index contributed by atoms with van der Waals surface area (Å²) in [5, 5.41) is 12.3. The van der Waals surface area contributed by atoms with Crippen LogP contribution in [0.25, 0.3) is 0 Å². The molecule has 0 saturated carbocycles. The summed E-state index contributed by atoms with van der Waals surface area (Å²) in [4.78, 5) is 26.8. The standard InChI is InChI=1S/C22H24N2O3/c25-14-18-5-2-1-4-17(18)12-23-22(27)19-11-21(26)24(13-19)20-9-8-15-6-3-7-16(15)10-20/h1-2,4-5,8-10,19,25H,3,6-7,11-14H2,(H,23,27)/t19-/m1/s1. The molecule has 0 aromatic heterocycles. The summed E-state index contributed by atoms with van der Waals surface area (Å²) in [6.45, 7) is 0.726. The lowest BCUT2D eigenvalue weighted by Crippen LogP contribution is -2.32. The molecule has 0 bridgehead atoms. The number of amides is 2. The molecule has 140 valence electrons. The maximum absolute atomic E-state index is 12.6. The van der Waals surface area contributed by atoms with E-state index in [4.69, 9.17) is 0 Å². The molecule has 2 aliphatic rings. The predicted octanol–water partition coefficient (Wildman–Crippen LogP) is 2.34. The second-order valence-electron chi connectivity index (χ2n) is 7.36. The minimum atomic E-state index is -0.341. The first-order valence-electron chi connectivity index (χ1n) is 9.53. The summed E-state index contributed by atoms with van der Waals surface area (Å²) in [5.74, 6) is -0.448. The maximum Gasteiger partial charge on any atom is 0.227 e. The molecule has 1 saturated heterocycles. The fourth-order valence-electron chi connectivity index (χ4n) is 4.07. The highest BCUT2D eigenvalue weighted by molar-refractivity contribution is 6.00. The van der Waals surface area contributed by atoms with E-state index in [1.54, 1.807) is 4.90 Å². The van der Waals surface area contributed by atoms with E-state index in [1.807, 2.05) is 30.3 Å². The van der Waals surface area contributed by atoms with Gasteiger partial charge < -0.3 is 15.3 Å². The van der Waals surface area contributed by atoms with Crippen LogP contribution in [-0.4, -0.2) is 23.5 Å². The summed E-state index contributed by atoms with van der Waals surface area (Å²) >= 11 is 0. The molecule has 2 amide bonds. The van der Waals surface area contributed by atoms with Crippen LogP contribution in [-0.2, 0) is 35.6 Å². The molecule has 0 spiro atoms. The van der Waals surface area contributed by atoms with E-state index >= 15 is 0 Å². The molecule has 2 aromatic carbocycles. The van der Waals surface area contributed by atoms with Crippen molar-refractivity contribution in [2.24, 2.45) is 5.92 Å². The molecular weight excluding hydrogens is 340 g/mol. The number of nitrogens with one attached hydrogen (secondary N) is 1. The van der Waals surface area contributed by atoms with Crippen molar-refractivity contribution in [2.75, 3.05) is 11.4 Å². The SMILES string of the molecule is O=C(NCc1ccccc1CO)[C@@H]1CC(=O)N(c2ccc3c(c2)CCC3)C1. The van der Waals surface area contributed by atoms with Gasteiger partial charge in [-0.1, -0.05) is 30.3 Å². The first kappa shape index (κ1) is 17.7. The Labute approximate surface area is 159 Å². The van der Waals surface area contributed by atoms with E-state index < -0.39 is 0 Å². The summed E-state index contributed by atoms with van der Waals surface area (Å²) in [7, 11) is 0. The van der Waals surface area contributed by atoms with Gasteiger partial charge in [-0.05, 0) is 53.6 Å². The smallest absolute Gasteiger partial charge is 0.227 e. The van der Waals surface area contributed by atoms with Gasteiger partial charge in [0.05, 0.1) is 12.5 Å². The maximum atomic E-state index is 12.6. The minimum absolute atomic E-state index is 0.00357. The lowest BCUT2D eigenvalue weighted by atomic mass is 10.1. The van der Waals surface area contributed by atoms with Gasteiger partial charge in [-0.15, -0.1) is 0 Å². The lowest BCUT2D eigenvalue weighted by molar-refractivity contribution is -0.126. The lowest BCUT2D eigenvalue weighted by Gasteiger charge is -2.18. The van der Waals surface area contributed by atoms with Gasteiger partial charge in [0.15, 0.2) is 0 Å². The number of hydrogen-bond acceptors (Lipinski definition) is 3. The van der Waals surface area contributed by atoms with Gasteiger partial charge in [0, 0.05) is 25.2 Å². The molecule has 1 fully saturated rings. The molecule has 1 atom stereocenters. The van der Waals surface area contributed by atoms with E-state index in [1.165, 1.54) is 17.5 Å². The fraction of sp³-hybridized carbons (Fsp3) is 0.364. The van der Waals surface area contributed by atoms with Crippen molar-refractivity contribution < 1.29 is 14.7 Å². The number of carbonyl (C=O) groups excluding carboxylic acids is 2. The molecule has 1 heterocycles. The van der Waals surface area contributed by atoms with Gasteiger partial charge in [0.25, 0.3) is 0 Å². The Morgan fingerprint density at radius 3 is 2.70 bits per heavy atom. The topological polar surface area (TPSA) is 69.6 Å². The van der Waals surface area contributed by atoms with Crippen molar-refractivity contribution in [1.29, 1.82) is 0 Å². The summed E-state index contributed by atoms with van der Waals surface area (Å²) in [6, 6.07) is 13.7. The Morgan fingerprint density at radius 1 is 1.11 bits per heavy atom. The first-order valence-corrected chi connectivity index (χ1v) is 9.53. The number of benzene rings is 2. The number of anilines is 1. The van der Waals surface area contributed by atoms with Gasteiger partial charge in [-0.3, -0.25) is 9.59 Å². The summed E-state index contributed by atoms with van der Waals surface area (Å²) in [6.07, 6.45) is 3.60. The average molecular weight is 364 g/mol. The minimum Gasteiger partial charge on any atom is -0.392 e. The first-order chi connectivity index (χ1) is 13.2. The predicted molar refractivity (Wildman–Crippen MR) is 103 cm³/mol. The highest BCUT2D eigenvalue weighted by Crippen LogP contribution is 2.30. The number of carbonyl (C=O) groups is 2. The molecule has 2 N–H and O–H groups in total. The molecule has 4 rings (SSSR count). The molecule has 0 unspecified atom stereocenters. The highest BCUT2D eigenvalue weighted by atomic mass is 16.3. The van der Waals surface area contributed by atoms with Crippen molar-refractivity contribution in [3.05, 3.63) is 64.7 Å². The van der Waals surface area contributed by atoms with Crippen LogP contribution < -0.4 is 10.2 Å². The third-order valence-electron chi connectivity index (χ3n) is 5.63. The van der Waals surface area contributed by atoms with Gasteiger partial charge in [0.2, 0.25) is 11.8 Å². The molecule has 1 aliphatic heterocycles. The zero-order valence-corrected chi connectivity index (χ0v) is 15.3. The van der Waals surface area contributed by atoms with Crippen LogP contribution in [0.3, 0.4) is 0 Å². The van der Waals surface area contributed by atoms with E-state index in [9.17, 15) is 14.7 Å². The fourth-order valence-corrected chi connectivity index (χ4v) is 4.07. The quantitative estimate of drug-likeness (QED) is 0.856. The van der Waals surface area contributed by atoms with Crippen LogP contribution >= 0.6 is 0 Å². The third kappa shape index (κ3) is 3.60. The van der Waals surface area contributed by atoms with E-state index in [0.717, 1.165) is 29.7 Å². The van der Waals surface area contributed by atoms with E-state index in [0.29, 0.717) is 13.1 Å². The average Bonchev–Trinajstić information content (AvgIpc) is 3.32. The number of aryl methyl sites for hydroxylation is 2. The summed E-state index contributed by atoms with van der Waals surface area (Å²) in [5.41, 5.74) is 5.31. The number of nitrogens with zero attached hydrogens (tertiary/aromatic N) is 1. The molecule has 0 radical (unpaired) electrons. The normalized spacial score (nSPS) is 18.6. The monoisotopic (exact) mass is 364 g/mol. The van der Waals surface area contributed by atoms with Crippen LogP contribution in [0.4, 0.5) is 5.69 Å². The van der Waals surface area contributed by atoms with Crippen molar-refractivity contribution in [3.63, 3.8) is 0 Å². The Hall–Kier alpha value is -2.66. The molecule has 2 aromatic rings. The zero-order valence-electron chi connectivity index (χ0n) is 15.3. The summed E-state index contributed by atoms with van der Waals surface area (Å²) < 4.78 is 0. The second kappa shape index (κ2) is 7.53. The number of aliphatic hydroxyl groups is 1. The van der Waals surface area contributed by atoms with E-state index in [-0.39, 0.29) is 30.8 Å². The molecular formula is C22H24N2O3. The highest BCUT2D eigenvalue weighted by Gasteiger charge is 2.35.